The van der Waals surface area contributed by atoms with Gasteiger partial charge in [0, 0.05) is 18.4 Å². The Morgan fingerprint density at radius 2 is 1.57 bits per heavy atom. The first kappa shape index (κ1) is 12.2. The van der Waals surface area contributed by atoms with Crippen LogP contribution in [0.3, 0.4) is 0 Å². The maximum absolute atomic E-state index is 10.1. The van der Waals surface area contributed by atoms with Gasteiger partial charge in [-0.05, 0) is 12.5 Å². The van der Waals surface area contributed by atoms with Crippen molar-refractivity contribution in [2.75, 3.05) is 0 Å². The second-order valence-electron chi connectivity index (χ2n) is 2.53. The molecule has 4 heteroatoms. The topological polar surface area (TPSA) is 80.3 Å². The van der Waals surface area contributed by atoms with Crippen molar-refractivity contribution in [2.24, 2.45) is 0 Å². The summed E-state index contributed by atoms with van der Waals surface area (Å²) < 4.78 is 0. The standard InChI is InChI=1S/C8H8O2.C2H4O2/c9-8(10)6-7-4-2-1-3-5-7;1-2(3)4/h1-5H,6H2,(H,9,10);1H3,(H,3,4)/p-2. The third-order valence-corrected chi connectivity index (χ3v) is 1.19. The number of aliphatic carboxylic acids is 2. The van der Waals surface area contributed by atoms with E-state index in [9.17, 15) is 9.90 Å². The zero-order valence-electron chi connectivity index (χ0n) is 7.73. The lowest BCUT2D eigenvalue weighted by Crippen LogP contribution is -2.24. The van der Waals surface area contributed by atoms with Gasteiger partial charge in [-0.15, -0.1) is 0 Å². The Kier molecular flexibility index (Phi) is 5.78. The molecule has 14 heavy (non-hydrogen) atoms. The molecule has 0 fully saturated rings. The molecule has 0 aliphatic carbocycles. The third-order valence-electron chi connectivity index (χ3n) is 1.19. The third kappa shape index (κ3) is 8.26. The molecule has 0 unspecified atom stereocenters. The minimum atomic E-state index is -1.08. The Morgan fingerprint density at radius 3 is 1.93 bits per heavy atom. The summed E-state index contributed by atoms with van der Waals surface area (Å²) in [7, 11) is 0. The van der Waals surface area contributed by atoms with Crippen LogP contribution < -0.4 is 10.2 Å². The van der Waals surface area contributed by atoms with Gasteiger partial charge < -0.3 is 19.8 Å². The van der Waals surface area contributed by atoms with Gasteiger partial charge in [0.15, 0.2) is 0 Å². The van der Waals surface area contributed by atoms with E-state index in [-0.39, 0.29) is 6.42 Å². The fraction of sp³-hybridized carbons (Fsp3) is 0.200. The summed E-state index contributed by atoms with van der Waals surface area (Å²) >= 11 is 0. The molecule has 0 amide bonds. The van der Waals surface area contributed by atoms with Crippen LogP contribution in [0.4, 0.5) is 0 Å². The van der Waals surface area contributed by atoms with Crippen molar-refractivity contribution < 1.29 is 19.8 Å². The summed E-state index contributed by atoms with van der Waals surface area (Å²) in [6, 6.07) is 8.97. The quantitative estimate of drug-likeness (QED) is 0.588. The highest BCUT2D eigenvalue weighted by atomic mass is 16.4. The Labute approximate surface area is 81.8 Å². The van der Waals surface area contributed by atoms with Crippen LogP contribution >= 0.6 is 0 Å². The molecule has 0 bridgehead atoms. The minimum Gasteiger partial charge on any atom is -0.550 e. The van der Waals surface area contributed by atoms with Gasteiger partial charge >= 0.3 is 0 Å². The van der Waals surface area contributed by atoms with Crippen LogP contribution in [0.1, 0.15) is 12.5 Å². The number of carbonyl (C=O) groups excluding carboxylic acids is 2. The summed E-state index contributed by atoms with van der Waals surface area (Å²) in [5.74, 6) is -2.12. The second-order valence-corrected chi connectivity index (χ2v) is 2.53. The van der Waals surface area contributed by atoms with E-state index in [1.807, 2.05) is 6.07 Å². The van der Waals surface area contributed by atoms with Gasteiger partial charge in [-0.25, -0.2) is 0 Å². The number of carboxylic acids is 2. The molecule has 1 aromatic rings. The van der Waals surface area contributed by atoms with Crippen LogP contribution in [-0.2, 0) is 16.0 Å². The summed E-state index contributed by atoms with van der Waals surface area (Å²) in [5, 5.41) is 18.9. The molecule has 1 rings (SSSR count). The van der Waals surface area contributed by atoms with Crippen LogP contribution in [0.2, 0.25) is 0 Å². The lowest BCUT2D eigenvalue weighted by Gasteiger charge is -1.99. The predicted octanol–water partition coefficient (Wildman–Crippen LogP) is -1.26. The zero-order valence-corrected chi connectivity index (χ0v) is 7.73. The first-order valence-corrected chi connectivity index (χ1v) is 3.93. The van der Waals surface area contributed by atoms with E-state index in [1.54, 1.807) is 24.3 Å². The van der Waals surface area contributed by atoms with E-state index in [2.05, 4.69) is 0 Å². The van der Waals surface area contributed by atoms with Crippen molar-refractivity contribution in [1.82, 2.24) is 0 Å². The number of benzene rings is 1. The molecule has 0 aliphatic heterocycles. The molecule has 0 heterocycles. The average molecular weight is 194 g/mol. The maximum atomic E-state index is 10.1. The SMILES string of the molecule is CC(=O)[O-].O=C([O-])Cc1ccccc1. The largest absolute Gasteiger partial charge is 0.550 e. The van der Waals surface area contributed by atoms with Crippen LogP contribution in [0.5, 0.6) is 0 Å². The molecule has 0 spiro atoms. The highest BCUT2D eigenvalue weighted by Gasteiger charge is 1.88. The number of carbonyl (C=O) groups is 2. The molecule has 0 aliphatic rings. The molecule has 0 saturated heterocycles. The second kappa shape index (κ2) is 6.65. The number of hydrogen-bond acceptors (Lipinski definition) is 4. The molecular weight excluding hydrogens is 184 g/mol. The molecule has 0 atom stereocenters. The van der Waals surface area contributed by atoms with Crippen molar-refractivity contribution in [3.8, 4) is 0 Å². The van der Waals surface area contributed by atoms with Gasteiger partial charge in [-0.1, -0.05) is 30.3 Å². The highest BCUT2D eigenvalue weighted by molar-refractivity contribution is 5.67. The summed E-state index contributed by atoms with van der Waals surface area (Å²) in [4.78, 5) is 18.9. The van der Waals surface area contributed by atoms with Gasteiger partial charge in [-0.2, -0.15) is 0 Å². The van der Waals surface area contributed by atoms with Crippen LogP contribution in [0, 0.1) is 0 Å². The maximum Gasteiger partial charge on any atom is 0.0458 e. The van der Waals surface area contributed by atoms with Gasteiger partial charge in [0.1, 0.15) is 0 Å². The fourth-order valence-corrected chi connectivity index (χ4v) is 0.763. The molecule has 0 radical (unpaired) electrons. The molecule has 4 nitrogen and oxygen atoms in total. The van der Waals surface area contributed by atoms with Gasteiger partial charge in [-0.3, -0.25) is 0 Å². The smallest absolute Gasteiger partial charge is 0.0458 e. The van der Waals surface area contributed by atoms with Crippen LogP contribution in [0.15, 0.2) is 30.3 Å². The first-order chi connectivity index (χ1) is 6.52. The predicted molar refractivity (Wildman–Crippen MR) is 45.8 cm³/mol. The van der Waals surface area contributed by atoms with E-state index in [4.69, 9.17) is 9.90 Å². The Bertz CT molecular complexity index is 288. The first-order valence-electron chi connectivity index (χ1n) is 3.93. The lowest BCUT2D eigenvalue weighted by atomic mass is 10.2. The van der Waals surface area contributed by atoms with E-state index < -0.39 is 11.9 Å². The number of carboxylic acid groups (broad SMARTS) is 2. The molecule has 76 valence electrons. The van der Waals surface area contributed by atoms with Crippen molar-refractivity contribution >= 4 is 11.9 Å². The summed E-state index contributed by atoms with van der Waals surface area (Å²) in [6.07, 6.45) is 0.000833. The number of rotatable bonds is 2. The van der Waals surface area contributed by atoms with Gasteiger partial charge in [0.2, 0.25) is 0 Å². The molecule has 0 saturated carbocycles. The Hall–Kier alpha value is -1.84. The van der Waals surface area contributed by atoms with E-state index >= 15 is 0 Å². The van der Waals surface area contributed by atoms with Crippen molar-refractivity contribution in [3.05, 3.63) is 35.9 Å². The fourth-order valence-electron chi connectivity index (χ4n) is 0.763. The van der Waals surface area contributed by atoms with Crippen molar-refractivity contribution in [2.45, 2.75) is 13.3 Å². The Morgan fingerprint density at radius 1 is 1.14 bits per heavy atom. The number of hydrogen-bond donors (Lipinski definition) is 0. The molecule has 0 N–H and O–H groups in total. The summed E-state index contributed by atoms with van der Waals surface area (Å²) in [6.45, 7) is 0.972. The van der Waals surface area contributed by atoms with E-state index in [1.165, 1.54) is 0 Å². The molecule has 0 aromatic heterocycles. The normalized spacial score (nSPS) is 8.36. The molecule has 1 aromatic carbocycles. The van der Waals surface area contributed by atoms with E-state index in [0.29, 0.717) is 0 Å². The van der Waals surface area contributed by atoms with Gasteiger partial charge in [0.25, 0.3) is 0 Å². The van der Waals surface area contributed by atoms with Crippen molar-refractivity contribution in [1.29, 1.82) is 0 Å². The Balaban J connectivity index is 0.000000364. The van der Waals surface area contributed by atoms with Crippen LogP contribution in [-0.4, -0.2) is 11.9 Å². The monoisotopic (exact) mass is 194 g/mol. The van der Waals surface area contributed by atoms with Crippen LogP contribution in [0.25, 0.3) is 0 Å². The summed E-state index contributed by atoms with van der Waals surface area (Å²) in [5.41, 5.74) is 0.780. The zero-order chi connectivity index (χ0) is 11.0. The highest BCUT2D eigenvalue weighted by Crippen LogP contribution is 1.97. The average Bonchev–Trinajstić information content (AvgIpc) is 2.03. The van der Waals surface area contributed by atoms with E-state index in [0.717, 1.165) is 12.5 Å². The molecular formula is C10H10O4-2. The lowest BCUT2D eigenvalue weighted by molar-refractivity contribution is -0.305. The minimum absolute atomic E-state index is 0.000833. The van der Waals surface area contributed by atoms with Gasteiger partial charge in [0.05, 0.1) is 0 Å². The van der Waals surface area contributed by atoms with Crippen molar-refractivity contribution in [3.63, 3.8) is 0 Å².